The molecule has 0 saturated carbocycles. The Morgan fingerprint density at radius 2 is 1.00 bits per heavy atom. The van der Waals surface area contributed by atoms with Crippen LogP contribution in [0.4, 0.5) is 0 Å². The second-order valence-electron chi connectivity index (χ2n) is 6.05. The maximum absolute atomic E-state index is 9.47. The Morgan fingerprint density at radius 1 is 0.938 bits per heavy atom. The molecule has 0 spiro atoms. The van der Waals surface area contributed by atoms with Crippen molar-refractivity contribution in [2.45, 2.75) is 59.5 Å². The third-order valence-corrected chi connectivity index (χ3v) is 1.16. The monoisotopic (exact) mass is 256 g/mol. The van der Waals surface area contributed by atoms with Crippen molar-refractivity contribution in [2.75, 3.05) is 6.16 Å². The summed E-state index contributed by atoms with van der Waals surface area (Å²) in [5.74, 6) is 0. The van der Waals surface area contributed by atoms with E-state index < -0.39 is 7.60 Å². The van der Waals surface area contributed by atoms with Gasteiger partial charge in [-0.3, -0.25) is 0 Å². The number of quaternary nitrogens is 2. The predicted molar refractivity (Wildman–Crippen MR) is 63.4 cm³/mol. The molecule has 6 heteroatoms. The van der Waals surface area contributed by atoms with E-state index in [-0.39, 0.29) is 17.2 Å². The van der Waals surface area contributed by atoms with Gasteiger partial charge in [0.1, 0.15) is 0 Å². The number of rotatable bonds is 1. The lowest BCUT2D eigenvalue weighted by molar-refractivity contribution is -0.459. The van der Waals surface area contributed by atoms with Crippen molar-refractivity contribution in [1.29, 1.82) is 0 Å². The molecule has 0 aromatic carbocycles. The van der Waals surface area contributed by atoms with E-state index in [1.807, 2.05) is 0 Å². The van der Waals surface area contributed by atoms with Crippen LogP contribution in [0.25, 0.3) is 0 Å². The average Bonchev–Trinajstić information content (AvgIpc) is 1.77. The molecular formula is C10H29N2O3P. The molecule has 0 aliphatic heterocycles. The topological polar surface area (TPSA) is 118 Å². The fourth-order valence-electron chi connectivity index (χ4n) is 0. The largest absolute Gasteiger partial charge is 0.811 e. The fourth-order valence-corrected chi connectivity index (χ4v) is 0. The zero-order valence-corrected chi connectivity index (χ0v) is 12.7. The normalized spacial score (nSPS) is 11.9. The summed E-state index contributed by atoms with van der Waals surface area (Å²) in [6.45, 7) is 13.8. The molecule has 0 atom stereocenters. The molecule has 0 amide bonds. The molecule has 0 radical (unpaired) electrons. The Labute approximate surface area is 99.8 Å². The molecule has 0 unspecified atom stereocenters. The van der Waals surface area contributed by atoms with Crippen molar-refractivity contribution in [3.63, 3.8) is 0 Å². The van der Waals surface area contributed by atoms with Crippen LogP contribution in [-0.4, -0.2) is 17.2 Å². The first-order valence-electron chi connectivity index (χ1n) is 5.28. The molecule has 0 fully saturated rings. The van der Waals surface area contributed by atoms with E-state index in [0.29, 0.717) is 0 Å². The van der Waals surface area contributed by atoms with Crippen LogP contribution in [0, 0.1) is 0 Å². The van der Waals surface area contributed by atoms with Crippen molar-refractivity contribution < 1.29 is 25.8 Å². The van der Waals surface area contributed by atoms with Crippen molar-refractivity contribution in [2.24, 2.45) is 0 Å². The van der Waals surface area contributed by atoms with Gasteiger partial charge in [0.2, 0.25) is 0 Å². The van der Waals surface area contributed by atoms with Gasteiger partial charge in [-0.2, -0.15) is 0 Å². The van der Waals surface area contributed by atoms with Crippen LogP contribution in [0.2, 0.25) is 0 Å². The van der Waals surface area contributed by atoms with Gasteiger partial charge in [-0.25, -0.2) is 0 Å². The van der Waals surface area contributed by atoms with E-state index in [0.717, 1.165) is 0 Å². The Kier molecular flexibility index (Phi) is 11.0. The minimum atomic E-state index is -4.15. The van der Waals surface area contributed by atoms with Gasteiger partial charge in [-0.15, -0.1) is 0 Å². The van der Waals surface area contributed by atoms with Crippen LogP contribution in [0.5, 0.6) is 0 Å². The number of hydrogen-bond acceptors (Lipinski definition) is 3. The van der Waals surface area contributed by atoms with Crippen molar-refractivity contribution in [3.05, 3.63) is 0 Å². The Hall–Kier alpha value is 0.0700. The summed E-state index contributed by atoms with van der Waals surface area (Å²) in [6.07, 6.45) is -0.285. The van der Waals surface area contributed by atoms with E-state index in [1.165, 1.54) is 6.92 Å². The first kappa shape index (κ1) is 21.4. The van der Waals surface area contributed by atoms with Crippen molar-refractivity contribution in [3.8, 4) is 0 Å². The third-order valence-electron chi connectivity index (χ3n) is 0.387. The van der Waals surface area contributed by atoms with Gasteiger partial charge in [0.15, 0.2) is 0 Å². The highest BCUT2D eigenvalue weighted by molar-refractivity contribution is 7.48. The van der Waals surface area contributed by atoms with Crippen molar-refractivity contribution in [1.82, 2.24) is 0 Å². The standard InChI is InChI=1S/2C4H11N.C2H7O3P/c2*1-4(2,3)5;1-2-6(3,4)5/h2*5H2,1-3H3;2H2,1H3,(H2,3,4,5). The maximum Gasteiger partial charge on any atom is 0.0860 e. The first-order chi connectivity index (χ1) is 6.56. The highest BCUT2D eigenvalue weighted by Gasteiger charge is 2.01. The van der Waals surface area contributed by atoms with Crippen LogP contribution in [0.1, 0.15) is 48.5 Å². The summed E-state index contributed by atoms with van der Waals surface area (Å²) >= 11 is 0. The Bertz CT molecular complexity index is 177. The second kappa shape index (κ2) is 8.20. The molecule has 0 aromatic rings. The van der Waals surface area contributed by atoms with E-state index in [1.54, 1.807) is 0 Å². The minimum Gasteiger partial charge on any atom is -0.811 e. The Morgan fingerprint density at radius 3 is 1.00 bits per heavy atom. The minimum absolute atomic E-state index is 0.250. The van der Waals surface area contributed by atoms with Crippen molar-refractivity contribution >= 4 is 7.60 Å². The zero-order valence-electron chi connectivity index (χ0n) is 11.8. The number of hydrogen-bond donors (Lipinski definition) is 2. The third kappa shape index (κ3) is 255. The summed E-state index contributed by atoms with van der Waals surface area (Å²) in [6, 6.07) is 0. The lowest BCUT2D eigenvalue weighted by Crippen LogP contribution is -2.67. The average molecular weight is 256 g/mol. The van der Waals surface area contributed by atoms with Gasteiger partial charge in [0, 0.05) is 0 Å². The van der Waals surface area contributed by atoms with E-state index >= 15 is 0 Å². The highest BCUT2D eigenvalue weighted by atomic mass is 31.2. The van der Waals surface area contributed by atoms with Gasteiger partial charge in [-0.05, 0) is 47.7 Å². The summed E-state index contributed by atoms with van der Waals surface area (Å²) in [5.41, 5.74) is 8.04. The van der Waals surface area contributed by atoms with Gasteiger partial charge >= 0.3 is 0 Å². The van der Waals surface area contributed by atoms with Crippen LogP contribution < -0.4 is 21.3 Å². The Balaban J connectivity index is -0.000000160. The molecule has 0 aliphatic carbocycles. The fraction of sp³-hybridized carbons (Fsp3) is 1.00. The van der Waals surface area contributed by atoms with Gasteiger partial charge in [0.25, 0.3) is 0 Å². The molecule has 5 nitrogen and oxygen atoms in total. The molecule has 102 valence electrons. The molecule has 0 saturated heterocycles. The van der Waals surface area contributed by atoms with Gasteiger partial charge < -0.3 is 25.8 Å². The van der Waals surface area contributed by atoms with E-state index in [9.17, 15) is 14.4 Å². The molecule has 0 rings (SSSR count). The molecular weight excluding hydrogens is 227 g/mol. The maximum atomic E-state index is 9.47. The van der Waals surface area contributed by atoms with Crippen LogP contribution >= 0.6 is 7.60 Å². The second-order valence-corrected chi connectivity index (χ2v) is 7.90. The zero-order chi connectivity index (χ0) is 14.2. The molecule has 0 aromatic heterocycles. The predicted octanol–water partition coefficient (Wildman–Crippen LogP) is -1.03. The highest BCUT2D eigenvalue weighted by Crippen LogP contribution is 2.19. The molecule has 0 bridgehead atoms. The van der Waals surface area contributed by atoms with E-state index in [2.05, 4.69) is 53.0 Å². The van der Waals surface area contributed by atoms with E-state index in [4.69, 9.17) is 0 Å². The van der Waals surface area contributed by atoms with Crippen LogP contribution in [-0.2, 0) is 4.57 Å². The summed E-state index contributed by atoms with van der Waals surface area (Å²) in [7, 11) is -4.15. The summed E-state index contributed by atoms with van der Waals surface area (Å²) in [4.78, 5) is 18.9. The summed E-state index contributed by atoms with van der Waals surface area (Å²) in [5, 5.41) is 0. The van der Waals surface area contributed by atoms with Crippen LogP contribution in [0.3, 0.4) is 0 Å². The van der Waals surface area contributed by atoms with Gasteiger partial charge in [0.05, 0.1) is 11.1 Å². The molecule has 0 heterocycles. The lowest BCUT2D eigenvalue weighted by Gasteiger charge is -2.26. The summed E-state index contributed by atoms with van der Waals surface area (Å²) < 4.78 is 9.47. The quantitative estimate of drug-likeness (QED) is 0.584. The molecule has 16 heavy (non-hydrogen) atoms. The smallest absolute Gasteiger partial charge is 0.0860 e. The SMILES string of the molecule is CC(C)(C)[NH3+].CC(C)(C)[NH3+].CCP(=O)([O-])[O-]. The van der Waals surface area contributed by atoms with Gasteiger partial charge in [-0.1, -0.05) is 14.5 Å². The van der Waals surface area contributed by atoms with Crippen LogP contribution in [0.15, 0.2) is 0 Å². The molecule has 6 N–H and O–H groups in total. The first-order valence-corrected chi connectivity index (χ1v) is 7.01. The molecule has 0 aliphatic rings. The lowest BCUT2D eigenvalue weighted by atomic mass is 10.1.